The Balaban J connectivity index is 0.000000124. The molecule has 16 aromatic rings. The Hall–Kier alpha value is -13.8. The fraction of sp³-hybridized carbons (Fsp3) is 0.358. The van der Waals surface area contributed by atoms with Crippen LogP contribution in [0.2, 0.25) is 20.1 Å². The normalized spacial score (nSPS) is 16.5. The van der Waals surface area contributed by atoms with Gasteiger partial charge in [-0.25, -0.2) is 54.4 Å². The van der Waals surface area contributed by atoms with E-state index in [1.807, 2.05) is 177 Å². The van der Waals surface area contributed by atoms with E-state index in [4.69, 9.17) is 61.4 Å². The van der Waals surface area contributed by atoms with Gasteiger partial charge in [-0.3, -0.25) is 0 Å². The third-order valence-electron chi connectivity index (χ3n) is 25.3. The molecule has 39 heteroatoms. The van der Waals surface area contributed by atoms with Gasteiger partial charge in [-0.1, -0.05) is 72.4 Å². The van der Waals surface area contributed by atoms with E-state index in [9.17, 15) is 0 Å². The van der Waals surface area contributed by atoms with Crippen LogP contribution in [0.25, 0.3) is 22.6 Å². The minimum Gasteiger partial charge on any atom is -0.366 e. The summed E-state index contributed by atoms with van der Waals surface area (Å²) in [4.78, 5) is 78.9. The molecule has 0 bridgehead atoms. The van der Waals surface area contributed by atoms with Crippen LogP contribution in [0.1, 0.15) is 105 Å². The highest BCUT2D eigenvalue weighted by molar-refractivity contribution is 6.34. The van der Waals surface area contributed by atoms with Crippen LogP contribution in [0.4, 0.5) is 93.1 Å². The Morgan fingerprint density at radius 3 is 1.22 bits per heavy atom. The first-order valence-electron chi connectivity index (χ1n) is 45.2. The van der Waals surface area contributed by atoms with Gasteiger partial charge in [0.15, 0.2) is 40.6 Å². The number of aromatic nitrogens is 23. The first kappa shape index (κ1) is 92.1. The van der Waals surface area contributed by atoms with Crippen molar-refractivity contribution in [2.45, 2.75) is 138 Å². The van der Waals surface area contributed by atoms with Crippen LogP contribution in [-0.4, -0.2) is 211 Å². The highest BCUT2D eigenvalue weighted by Crippen LogP contribution is 2.38. The van der Waals surface area contributed by atoms with E-state index < -0.39 is 0 Å². The third kappa shape index (κ3) is 21.8. The summed E-state index contributed by atoms with van der Waals surface area (Å²) in [6.45, 7) is 26.0. The Labute approximate surface area is 797 Å². The molecule has 4 saturated heterocycles. The Bertz CT molecular complexity index is 6480. The molecule has 4 fully saturated rings. The Morgan fingerprint density at radius 2 is 0.769 bits per heavy atom. The summed E-state index contributed by atoms with van der Waals surface area (Å²) in [5.74, 6) is 9.65. The number of nitrogens with one attached hydrogen (secondary N) is 5. The third-order valence-corrected chi connectivity index (χ3v) is 26.3. The molecule has 0 saturated carbocycles. The predicted molar refractivity (Wildman–Crippen MR) is 534 cm³/mol. The molecule has 35 nitrogen and oxygen atoms in total. The van der Waals surface area contributed by atoms with Crippen LogP contribution in [-0.2, 0) is 0 Å². The minimum absolute atomic E-state index is 0.272. The van der Waals surface area contributed by atoms with Gasteiger partial charge >= 0.3 is 0 Å². The van der Waals surface area contributed by atoms with E-state index in [0.29, 0.717) is 79.7 Å². The molecule has 16 aromatic heterocycles. The number of nitrogens with zero attached hydrogens (tertiary/aromatic N) is 30. The summed E-state index contributed by atoms with van der Waals surface area (Å²) in [6, 6.07) is 33.4. The van der Waals surface area contributed by atoms with Gasteiger partial charge in [-0.15, -0.1) is 10.2 Å². The first-order chi connectivity index (χ1) is 65.0. The second kappa shape index (κ2) is 41.6. The molecule has 4 aliphatic rings. The summed E-state index contributed by atoms with van der Waals surface area (Å²) in [5.41, 5.74) is 14.3. The maximum absolute atomic E-state index is 6.60. The summed E-state index contributed by atoms with van der Waals surface area (Å²) in [6.07, 6.45) is 33.3. The molecular formula is C95H109Cl4N35. The number of hydrogen-bond donors (Lipinski definition) is 5. The lowest BCUT2D eigenvalue weighted by molar-refractivity contribution is 0.335. The Kier molecular flexibility index (Phi) is 28.6. The first-order valence-corrected chi connectivity index (χ1v) is 46.7. The molecule has 0 aliphatic carbocycles. The molecule has 0 spiro atoms. The molecule has 20 heterocycles. The van der Waals surface area contributed by atoms with Gasteiger partial charge in [-0.2, -0.15) is 35.2 Å². The zero-order valence-electron chi connectivity index (χ0n) is 77.0. The van der Waals surface area contributed by atoms with Gasteiger partial charge < -0.3 is 74.1 Å². The fourth-order valence-electron chi connectivity index (χ4n) is 17.6. The molecule has 0 radical (unpaired) electrons. The number of pyridine rings is 6. The van der Waals surface area contributed by atoms with Crippen LogP contribution in [0.3, 0.4) is 0 Å². The van der Waals surface area contributed by atoms with Crippen molar-refractivity contribution in [3.63, 3.8) is 0 Å². The van der Waals surface area contributed by atoms with Crippen molar-refractivity contribution >= 4 is 162 Å². The maximum atomic E-state index is 6.60. The average molecular weight is 1880 g/mol. The monoisotopic (exact) mass is 1880 g/mol. The van der Waals surface area contributed by atoms with Crippen molar-refractivity contribution in [2.75, 3.05) is 134 Å². The SMILES string of the molecule is CCC1CN(c2ccc(C)cn2)CCC1N(C)c1nc(Nc2ccn3c(C)cnc3c2)ncc1Cl.CCC1CN(c2ccc(C)nn2)CCC1N(C)c1nc(Nc2ccn3c(C)cnc3c2)ncc1Cl.Cc1ccc(N2CCC(N(C)c3nc(Nc4ccc5ncnn5c4)ncc3Cl)CC2)nc1.Cc1ccc(N2CCC(Nc3nc(Nc4ccn5c(C)cnc5c4)ncc3Cl)CC2)nn1. The van der Waals surface area contributed by atoms with Crippen LogP contribution in [0.5, 0.6) is 0 Å². The van der Waals surface area contributed by atoms with E-state index >= 15 is 0 Å². The quantitative estimate of drug-likeness (QED) is 0.0421. The predicted octanol–water partition coefficient (Wildman–Crippen LogP) is 17.7. The van der Waals surface area contributed by atoms with Crippen molar-refractivity contribution < 1.29 is 0 Å². The summed E-state index contributed by atoms with van der Waals surface area (Å²) >= 11 is 26.0. The molecular weight excluding hydrogens is 1770 g/mol. The molecule has 692 valence electrons. The zero-order valence-corrected chi connectivity index (χ0v) is 80.1. The van der Waals surface area contributed by atoms with E-state index in [-0.39, 0.29) is 6.04 Å². The van der Waals surface area contributed by atoms with Gasteiger partial charge in [0.05, 0.1) is 48.1 Å². The van der Waals surface area contributed by atoms with Gasteiger partial charge in [0.25, 0.3) is 0 Å². The van der Waals surface area contributed by atoms with Crippen molar-refractivity contribution in [3.05, 3.63) is 244 Å². The molecule has 20 rings (SSSR count). The van der Waals surface area contributed by atoms with Crippen molar-refractivity contribution in [1.82, 2.24) is 113 Å². The second-order valence-corrected chi connectivity index (χ2v) is 36.1. The number of hydrogen-bond acceptors (Lipinski definition) is 31. The zero-order chi connectivity index (χ0) is 93.2. The summed E-state index contributed by atoms with van der Waals surface area (Å²) in [5, 5.41) is 39.9. The van der Waals surface area contributed by atoms with E-state index in [2.05, 4.69) is 213 Å². The highest BCUT2D eigenvalue weighted by Gasteiger charge is 2.36. The topological polar surface area (TPSA) is 345 Å². The van der Waals surface area contributed by atoms with Crippen LogP contribution >= 0.6 is 46.4 Å². The lowest BCUT2D eigenvalue weighted by Gasteiger charge is -2.43. The smallest absolute Gasteiger partial charge is 0.229 e. The number of imidazole rings is 3. The van der Waals surface area contributed by atoms with Crippen LogP contribution in [0, 0.1) is 60.3 Å². The van der Waals surface area contributed by atoms with Gasteiger partial charge in [0.1, 0.15) is 55.0 Å². The molecule has 0 amide bonds. The van der Waals surface area contributed by atoms with Gasteiger partial charge in [0.2, 0.25) is 23.8 Å². The largest absolute Gasteiger partial charge is 0.366 e. The molecule has 4 unspecified atom stereocenters. The lowest BCUT2D eigenvalue weighted by atomic mass is 9.88. The number of piperidine rings is 4. The second-order valence-electron chi connectivity index (χ2n) is 34.4. The lowest BCUT2D eigenvalue weighted by Crippen LogP contribution is -2.50. The number of fused-ring (bicyclic) bond motifs is 4. The summed E-state index contributed by atoms with van der Waals surface area (Å²) < 4.78 is 7.79. The van der Waals surface area contributed by atoms with E-state index in [1.54, 1.807) is 29.3 Å². The highest BCUT2D eigenvalue weighted by atomic mass is 35.5. The molecule has 134 heavy (non-hydrogen) atoms. The number of halogens is 4. The molecule has 0 aromatic carbocycles. The summed E-state index contributed by atoms with van der Waals surface area (Å²) in [7, 11) is 6.21. The standard InChI is InChI=1S/C26H31ClN8.C25H30ClN9.2C22H24ClN9/c1-5-19-16-34(23-7-6-17(2)13-28-23)10-9-22(19)33(4)25-21(27)15-30-26(32-25)31-20-8-11-35-18(3)14-29-24(35)12-20;1-5-18-15-34(22-7-6-16(2)31-32-22)10-9-21(18)33(4)24-20(26)14-28-25(30-24)29-19-8-11-35-17(3)13-27-23(35)12-19;1-15-3-5-19(24-11-15)31-9-7-17(8-10-31)30(2)21-18(23)12-25-22(29-21)28-16-4-6-20-26-14-27-32(20)13-16;1-14-3-4-19(30-29-14)31-8-5-16(6-9-31)26-21-18(23)13-25-22(28-21)27-17-7-10-32-15(2)12-24-20(32)11-17/h6-8,11-15,19,22H,5,9-10,16H2,1-4H3,(H,30,31,32);6-8,11-14,18,21H,5,9-10,15H2,1-4H3,(H,28,29,30);3-6,11-14,17H,7-10H2,1-2H3,(H,25,28,29);3-4,7,10-13,16H,5-6,8-9H2,1-2H3,(H2,25,26,27,28). The van der Waals surface area contributed by atoms with E-state index in [1.165, 1.54) is 17.5 Å². The average Bonchev–Trinajstić information content (AvgIpc) is 0.981. The Morgan fingerprint density at radius 1 is 0.366 bits per heavy atom. The van der Waals surface area contributed by atoms with Crippen molar-refractivity contribution in [1.29, 1.82) is 0 Å². The number of rotatable bonds is 22. The number of aryl methyl sites for hydroxylation is 7. The number of anilines is 16. The van der Waals surface area contributed by atoms with Gasteiger partial charge in [0, 0.05) is 200 Å². The van der Waals surface area contributed by atoms with Crippen LogP contribution < -0.4 is 60.9 Å². The molecule has 4 aliphatic heterocycles. The molecule has 4 atom stereocenters. The molecule has 5 N–H and O–H groups in total. The van der Waals surface area contributed by atoms with Gasteiger partial charge in [-0.05, 0) is 190 Å². The van der Waals surface area contributed by atoms with Crippen molar-refractivity contribution in [2.24, 2.45) is 11.8 Å². The fourth-order valence-corrected chi connectivity index (χ4v) is 18.4. The van der Waals surface area contributed by atoms with E-state index in [0.717, 1.165) is 218 Å². The minimum atomic E-state index is 0.272. The van der Waals surface area contributed by atoms with Crippen molar-refractivity contribution in [3.8, 4) is 0 Å². The van der Waals surface area contributed by atoms with Crippen LogP contribution in [0.15, 0.2) is 184 Å². The maximum Gasteiger partial charge on any atom is 0.229 e.